The minimum absolute atomic E-state index is 0.727. The second kappa shape index (κ2) is 4.41. The van der Waals surface area contributed by atoms with Gasteiger partial charge in [0, 0.05) is 17.9 Å². The molecule has 0 saturated carbocycles. The van der Waals surface area contributed by atoms with E-state index in [2.05, 4.69) is 17.4 Å². The fraction of sp³-hybridized carbons (Fsp3) is 0.111. The van der Waals surface area contributed by atoms with Gasteiger partial charge in [-0.15, -0.1) is 6.58 Å². The molecule has 0 aliphatic heterocycles. The lowest BCUT2D eigenvalue weighted by molar-refractivity contribution is 0.897. The highest BCUT2D eigenvalue weighted by atomic mass is 15.3. The molecule has 0 radical (unpaired) electrons. The summed E-state index contributed by atoms with van der Waals surface area (Å²) in [5, 5.41) is 0. The predicted molar refractivity (Wildman–Crippen MR) is 52.7 cm³/mol. The fourth-order valence-corrected chi connectivity index (χ4v) is 0.792. The first-order chi connectivity index (χ1) is 5.83. The van der Waals surface area contributed by atoms with Gasteiger partial charge in [-0.1, -0.05) is 6.08 Å². The van der Waals surface area contributed by atoms with Crippen molar-refractivity contribution >= 4 is 11.4 Å². The third-order valence-electron chi connectivity index (χ3n) is 1.39. The van der Waals surface area contributed by atoms with E-state index in [1.165, 1.54) is 0 Å². The molecule has 3 heteroatoms. The van der Waals surface area contributed by atoms with Crippen LogP contribution < -0.4 is 16.6 Å². The van der Waals surface area contributed by atoms with Crippen LogP contribution in [0, 0.1) is 0 Å². The summed E-state index contributed by atoms with van der Waals surface area (Å²) in [6, 6.07) is 7.51. The average molecular weight is 163 g/mol. The molecule has 1 aromatic rings. The second-order valence-electron chi connectivity index (χ2n) is 2.42. The van der Waals surface area contributed by atoms with E-state index in [1.807, 2.05) is 24.3 Å². The Bertz CT molecular complexity index is 240. The Labute approximate surface area is 72.2 Å². The molecule has 12 heavy (non-hydrogen) atoms. The summed E-state index contributed by atoms with van der Waals surface area (Å²) in [7, 11) is 0. The SMILES string of the molecule is C=CCNNc1ccc(N)cc1. The number of anilines is 2. The zero-order chi connectivity index (χ0) is 8.81. The number of hydrogen-bond acceptors (Lipinski definition) is 3. The first-order valence-electron chi connectivity index (χ1n) is 3.78. The maximum atomic E-state index is 5.52. The van der Waals surface area contributed by atoms with Gasteiger partial charge in [0.1, 0.15) is 0 Å². The third kappa shape index (κ3) is 2.64. The number of nitrogens with one attached hydrogen (secondary N) is 2. The largest absolute Gasteiger partial charge is 0.399 e. The number of nitrogens with two attached hydrogens (primary N) is 1. The van der Waals surface area contributed by atoms with Crippen LogP contribution in [0.2, 0.25) is 0 Å². The lowest BCUT2D eigenvalue weighted by atomic mass is 10.3. The Morgan fingerprint density at radius 2 is 2.00 bits per heavy atom. The Morgan fingerprint density at radius 1 is 1.33 bits per heavy atom. The van der Waals surface area contributed by atoms with E-state index in [1.54, 1.807) is 6.08 Å². The molecular formula is C9H13N3. The molecule has 0 aromatic heterocycles. The quantitative estimate of drug-likeness (QED) is 0.272. The molecule has 0 saturated heterocycles. The Balaban J connectivity index is 2.42. The molecule has 0 aliphatic carbocycles. The molecule has 0 fully saturated rings. The molecule has 3 nitrogen and oxygen atoms in total. The molecular weight excluding hydrogens is 150 g/mol. The van der Waals surface area contributed by atoms with Crippen molar-refractivity contribution in [3.05, 3.63) is 36.9 Å². The van der Waals surface area contributed by atoms with Crippen molar-refractivity contribution in [3.63, 3.8) is 0 Å². The summed E-state index contributed by atoms with van der Waals surface area (Å²) in [5.41, 5.74) is 13.2. The first kappa shape index (κ1) is 8.62. The number of benzene rings is 1. The number of nitrogen functional groups attached to an aromatic ring is 1. The normalized spacial score (nSPS) is 9.33. The highest BCUT2D eigenvalue weighted by Crippen LogP contribution is 2.08. The van der Waals surface area contributed by atoms with Crippen LogP contribution >= 0.6 is 0 Å². The first-order valence-corrected chi connectivity index (χ1v) is 3.78. The number of rotatable bonds is 4. The smallest absolute Gasteiger partial charge is 0.0489 e. The van der Waals surface area contributed by atoms with E-state index in [4.69, 9.17) is 5.73 Å². The molecule has 0 atom stereocenters. The van der Waals surface area contributed by atoms with Crippen LogP contribution in [0.25, 0.3) is 0 Å². The van der Waals surface area contributed by atoms with Crippen LogP contribution in [0.15, 0.2) is 36.9 Å². The number of hydrazine groups is 1. The van der Waals surface area contributed by atoms with Gasteiger partial charge in [-0.3, -0.25) is 0 Å². The van der Waals surface area contributed by atoms with Crippen molar-refractivity contribution in [1.29, 1.82) is 0 Å². The Morgan fingerprint density at radius 3 is 2.58 bits per heavy atom. The Hall–Kier alpha value is -1.48. The average Bonchev–Trinajstić information content (AvgIpc) is 2.09. The molecule has 1 rings (SSSR count). The minimum Gasteiger partial charge on any atom is -0.399 e. The van der Waals surface area contributed by atoms with Crippen LogP contribution in [-0.4, -0.2) is 6.54 Å². The zero-order valence-corrected chi connectivity index (χ0v) is 6.88. The standard InChI is InChI=1S/C9H13N3/c1-2-7-11-12-9-5-3-8(10)4-6-9/h2-6,11-12H,1,7,10H2. The highest BCUT2D eigenvalue weighted by molar-refractivity contribution is 5.50. The van der Waals surface area contributed by atoms with Gasteiger partial charge in [-0.05, 0) is 24.3 Å². The van der Waals surface area contributed by atoms with E-state index < -0.39 is 0 Å². The van der Waals surface area contributed by atoms with Crippen LogP contribution in [0.5, 0.6) is 0 Å². The fourth-order valence-electron chi connectivity index (χ4n) is 0.792. The molecule has 0 spiro atoms. The summed E-state index contributed by atoms with van der Waals surface area (Å²) in [6.07, 6.45) is 1.78. The van der Waals surface area contributed by atoms with Gasteiger partial charge in [-0.25, -0.2) is 5.43 Å². The van der Waals surface area contributed by atoms with Crippen LogP contribution in [0.1, 0.15) is 0 Å². The van der Waals surface area contributed by atoms with Crippen molar-refractivity contribution < 1.29 is 0 Å². The van der Waals surface area contributed by atoms with E-state index in [9.17, 15) is 0 Å². The summed E-state index contributed by atoms with van der Waals surface area (Å²) in [5.74, 6) is 0. The second-order valence-corrected chi connectivity index (χ2v) is 2.42. The van der Waals surface area contributed by atoms with Gasteiger partial charge in [0.15, 0.2) is 0 Å². The molecule has 0 aliphatic rings. The molecule has 64 valence electrons. The molecule has 0 heterocycles. The summed E-state index contributed by atoms with van der Waals surface area (Å²) < 4.78 is 0. The van der Waals surface area contributed by atoms with Gasteiger partial charge in [0.05, 0.1) is 0 Å². The number of hydrogen-bond donors (Lipinski definition) is 3. The van der Waals surface area contributed by atoms with E-state index in [-0.39, 0.29) is 0 Å². The van der Waals surface area contributed by atoms with Gasteiger partial charge in [0.25, 0.3) is 0 Å². The summed E-state index contributed by atoms with van der Waals surface area (Å²) in [4.78, 5) is 0. The maximum Gasteiger partial charge on any atom is 0.0489 e. The van der Waals surface area contributed by atoms with Crippen molar-refractivity contribution in [2.75, 3.05) is 17.7 Å². The minimum atomic E-state index is 0.727. The molecule has 4 N–H and O–H groups in total. The van der Waals surface area contributed by atoms with Gasteiger partial charge < -0.3 is 11.2 Å². The van der Waals surface area contributed by atoms with Crippen molar-refractivity contribution in [2.45, 2.75) is 0 Å². The molecule has 0 bridgehead atoms. The highest BCUT2D eigenvalue weighted by Gasteiger charge is 1.87. The van der Waals surface area contributed by atoms with Gasteiger partial charge in [0.2, 0.25) is 0 Å². The van der Waals surface area contributed by atoms with E-state index in [0.29, 0.717) is 0 Å². The summed E-state index contributed by atoms with van der Waals surface area (Å²) >= 11 is 0. The monoisotopic (exact) mass is 163 g/mol. The van der Waals surface area contributed by atoms with Crippen molar-refractivity contribution in [3.8, 4) is 0 Å². The molecule has 0 unspecified atom stereocenters. The summed E-state index contributed by atoms with van der Waals surface area (Å²) in [6.45, 7) is 4.31. The topological polar surface area (TPSA) is 50.1 Å². The van der Waals surface area contributed by atoms with Crippen molar-refractivity contribution in [1.82, 2.24) is 5.43 Å². The van der Waals surface area contributed by atoms with Crippen LogP contribution in [0.4, 0.5) is 11.4 Å². The van der Waals surface area contributed by atoms with Crippen molar-refractivity contribution in [2.24, 2.45) is 0 Å². The van der Waals surface area contributed by atoms with Crippen LogP contribution in [0.3, 0.4) is 0 Å². The van der Waals surface area contributed by atoms with E-state index in [0.717, 1.165) is 17.9 Å². The van der Waals surface area contributed by atoms with E-state index >= 15 is 0 Å². The van der Waals surface area contributed by atoms with Gasteiger partial charge >= 0.3 is 0 Å². The molecule has 1 aromatic carbocycles. The van der Waals surface area contributed by atoms with Crippen LogP contribution in [-0.2, 0) is 0 Å². The zero-order valence-electron chi connectivity index (χ0n) is 6.88. The Kier molecular flexibility index (Phi) is 3.17. The lowest BCUT2D eigenvalue weighted by Crippen LogP contribution is -2.20. The molecule has 0 amide bonds. The van der Waals surface area contributed by atoms with Gasteiger partial charge in [-0.2, -0.15) is 0 Å². The predicted octanol–water partition coefficient (Wildman–Crippen LogP) is 1.37. The maximum absolute atomic E-state index is 5.52. The lowest BCUT2D eigenvalue weighted by Gasteiger charge is -2.05. The third-order valence-corrected chi connectivity index (χ3v) is 1.39.